The van der Waals surface area contributed by atoms with Gasteiger partial charge in [0.15, 0.2) is 6.10 Å². The van der Waals surface area contributed by atoms with Crippen molar-refractivity contribution < 1.29 is 28.6 Å². The highest BCUT2D eigenvalue weighted by atomic mass is 16.6. The van der Waals surface area contributed by atoms with E-state index >= 15 is 0 Å². The molecule has 0 aromatic carbocycles. The van der Waals surface area contributed by atoms with Crippen LogP contribution in [0.4, 0.5) is 0 Å². The van der Waals surface area contributed by atoms with Crippen molar-refractivity contribution in [2.24, 2.45) is 0 Å². The van der Waals surface area contributed by atoms with Crippen molar-refractivity contribution in [1.82, 2.24) is 0 Å². The number of esters is 3. The number of allylic oxidation sites excluding steroid dienone is 18. The van der Waals surface area contributed by atoms with Crippen LogP contribution in [-0.4, -0.2) is 37.2 Å². The molecule has 0 aliphatic rings. The van der Waals surface area contributed by atoms with E-state index in [4.69, 9.17) is 14.2 Å². The molecule has 0 aromatic heterocycles. The molecule has 0 aliphatic carbocycles. The predicted molar refractivity (Wildman–Crippen MR) is 348 cm³/mol. The van der Waals surface area contributed by atoms with E-state index in [0.717, 1.165) is 122 Å². The van der Waals surface area contributed by atoms with Crippen LogP contribution in [0.3, 0.4) is 0 Å². The number of carbonyl (C=O) groups is 3. The summed E-state index contributed by atoms with van der Waals surface area (Å²) in [5.41, 5.74) is 0. The fourth-order valence-corrected chi connectivity index (χ4v) is 9.40. The first-order valence-electron chi connectivity index (χ1n) is 33.9. The van der Waals surface area contributed by atoms with Gasteiger partial charge in [-0.3, -0.25) is 14.4 Å². The summed E-state index contributed by atoms with van der Waals surface area (Å²) in [6.07, 6.45) is 92.4. The maximum absolute atomic E-state index is 12.9. The summed E-state index contributed by atoms with van der Waals surface area (Å²) in [6, 6.07) is 0. The summed E-state index contributed by atoms with van der Waals surface area (Å²) in [7, 11) is 0. The molecule has 1 unspecified atom stereocenters. The Hall–Kier alpha value is -3.93. The molecule has 6 heteroatoms. The number of unbranched alkanes of at least 4 members (excludes halogenated alkanes) is 32. The third-order valence-corrected chi connectivity index (χ3v) is 14.5. The standard InChI is InChI=1S/C74H126O6/c1-4-7-10-13-16-19-22-25-28-30-32-34-36-37-39-40-42-44-46-49-52-55-58-61-64-67-73(76)79-70-71(69-78-72(75)66-63-60-57-54-51-48-27-24-21-18-15-12-9-6-3)80-74(77)68-65-62-59-56-53-50-47-45-43-41-38-35-33-31-29-26-23-20-17-14-11-8-5-2/h8,11,15,17-18,20,22,24-27,29-30,32-33,35-37,71H,4-7,9-10,12-14,16,19,21,23,28,31,34,38-70H2,1-3H3/b11-8-,18-15-,20-17-,25-22-,27-24-,29-26-,32-30-,35-33-,37-36-. The molecular formula is C74H126O6. The molecular weight excluding hydrogens is 985 g/mol. The highest BCUT2D eigenvalue weighted by Crippen LogP contribution is 2.16. The Morgan fingerprint density at radius 1 is 0.263 bits per heavy atom. The molecule has 0 bridgehead atoms. The van der Waals surface area contributed by atoms with Crippen LogP contribution in [0.15, 0.2) is 109 Å². The van der Waals surface area contributed by atoms with Gasteiger partial charge < -0.3 is 14.2 Å². The van der Waals surface area contributed by atoms with Gasteiger partial charge in [-0.05, 0) is 122 Å². The minimum Gasteiger partial charge on any atom is -0.462 e. The first-order chi connectivity index (χ1) is 39.5. The van der Waals surface area contributed by atoms with E-state index in [0.29, 0.717) is 19.3 Å². The molecule has 0 saturated carbocycles. The zero-order valence-electron chi connectivity index (χ0n) is 52.6. The Labute approximate surface area is 495 Å². The zero-order chi connectivity index (χ0) is 57.8. The minimum absolute atomic E-state index is 0.0864. The van der Waals surface area contributed by atoms with Gasteiger partial charge in [-0.2, -0.15) is 0 Å². The fraction of sp³-hybridized carbons (Fsp3) is 0.716. The van der Waals surface area contributed by atoms with Gasteiger partial charge in [-0.1, -0.05) is 291 Å². The normalized spacial score (nSPS) is 12.8. The monoisotopic (exact) mass is 1110 g/mol. The van der Waals surface area contributed by atoms with Crippen molar-refractivity contribution in [1.29, 1.82) is 0 Å². The molecule has 6 nitrogen and oxygen atoms in total. The molecule has 0 rings (SSSR count). The van der Waals surface area contributed by atoms with Gasteiger partial charge in [-0.15, -0.1) is 0 Å². The summed E-state index contributed by atoms with van der Waals surface area (Å²) in [5.74, 6) is -0.899. The third kappa shape index (κ3) is 64.9. The molecule has 0 N–H and O–H groups in total. The maximum atomic E-state index is 12.9. The molecule has 0 amide bonds. The van der Waals surface area contributed by atoms with Crippen LogP contribution in [-0.2, 0) is 28.6 Å². The lowest BCUT2D eigenvalue weighted by Gasteiger charge is -2.18. The number of hydrogen-bond acceptors (Lipinski definition) is 6. The molecule has 0 radical (unpaired) electrons. The van der Waals surface area contributed by atoms with Crippen molar-refractivity contribution in [3.63, 3.8) is 0 Å². The van der Waals surface area contributed by atoms with E-state index < -0.39 is 6.10 Å². The first-order valence-corrected chi connectivity index (χ1v) is 33.9. The van der Waals surface area contributed by atoms with E-state index in [-0.39, 0.29) is 31.1 Å². The van der Waals surface area contributed by atoms with Gasteiger partial charge in [0.05, 0.1) is 0 Å². The van der Waals surface area contributed by atoms with Crippen molar-refractivity contribution in [2.45, 2.75) is 329 Å². The summed E-state index contributed by atoms with van der Waals surface area (Å²) in [5, 5.41) is 0. The molecule has 1 atom stereocenters. The minimum atomic E-state index is -0.791. The zero-order valence-corrected chi connectivity index (χ0v) is 52.6. The lowest BCUT2D eigenvalue weighted by Crippen LogP contribution is -2.30. The fourth-order valence-electron chi connectivity index (χ4n) is 9.40. The largest absolute Gasteiger partial charge is 0.462 e. The molecule has 458 valence electrons. The maximum Gasteiger partial charge on any atom is 0.306 e. The van der Waals surface area contributed by atoms with Crippen LogP contribution in [0.5, 0.6) is 0 Å². The topological polar surface area (TPSA) is 78.9 Å². The van der Waals surface area contributed by atoms with Gasteiger partial charge in [0.1, 0.15) is 13.2 Å². The molecule has 0 heterocycles. The van der Waals surface area contributed by atoms with Gasteiger partial charge in [0, 0.05) is 19.3 Å². The molecule has 0 spiro atoms. The smallest absolute Gasteiger partial charge is 0.306 e. The second-order valence-corrected chi connectivity index (χ2v) is 22.3. The molecule has 80 heavy (non-hydrogen) atoms. The molecule has 0 fully saturated rings. The molecule has 0 aliphatic heterocycles. The Balaban J connectivity index is 4.35. The number of carbonyl (C=O) groups excluding carboxylic acids is 3. The van der Waals surface area contributed by atoms with Crippen molar-refractivity contribution >= 4 is 17.9 Å². The van der Waals surface area contributed by atoms with Gasteiger partial charge in [0.25, 0.3) is 0 Å². The SMILES string of the molecule is CC/C=C\C/C=C\C/C=C\C/C=C\CCCCCCCCCCCCC(=O)OC(COC(=O)CCCCCCC/C=C\C/C=C\CCCC)COC(=O)CCCCCCCCCCCC/C=C\C/C=C\C/C=C\CCCCCCC. The van der Waals surface area contributed by atoms with Crippen molar-refractivity contribution in [2.75, 3.05) is 13.2 Å². The first kappa shape index (κ1) is 76.1. The average molecular weight is 1110 g/mol. The van der Waals surface area contributed by atoms with E-state index in [2.05, 4.69) is 130 Å². The number of rotatable bonds is 61. The third-order valence-electron chi connectivity index (χ3n) is 14.5. The van der Waals surface area contributed by atoms with E-state index in [1.165, 1.54) is 161 Å². The summed E-state index contributed by atoms with van der Waals surface area (Å²) in [6.45, 7) is 6.48. The average Bonchev–Trinajstić information content (AvgIpc) is 3.46. The van der Waals surface area contributed by atoms with Crippen LogP contribution in [0.25, 0.3) is 0 Å². The summed E-state index contributed by atoms with van der Waals surface area (Å²) < 4.78 is 17.0. The van der Waals surface area contributed by atoms with Crippen LogP contribution in [0.1, 0.15) is 323 Å². The number of hydrogen-bond donors (Lipinski definition) is 0. The van der Waals surface area contributed by atoms with Gasteiger partial charge >= 0.3 is 17.9 Å². The molecule has 0 saturated heterocycles. The molecule has 0 aromatic rings. The lowest BCUT2D eigenvalue weighted by atomic mass is 10.0. The Morgan fingerprint density at radius 2 is 0.500 bits per heavy atom. The van der Waals surface area contributed by atoms with Gasteiger partial charge in [0.2, 0.25) is 0 Å². The van der Waals surface area contributed by atoms with Crippen LogP contribution in [0.2, 0.25) is 0 Å². The quantitative estimate of drug-likeness (QED) is 0.0261. The van der Waals surface area contributed by atoms with Crippen LogP contribution in [0, 0.1) is 0 Å². The van der Waals surface area contributed by atoms with E-state index in [9.17, 15) is 14.4 Å². The van der Waals surface area contributed by atoms with Crippen LogP contribution >= 0.6 is 0 Å². The van der Waals surface area contributed by atoms with Gasteiger partial charge in [-0.25, -0.2) is 0 Å². The second-order valence-electron chi connectivity index (χ2n) is 22.3. The van der Waals surface area contributed by atoms with E-state index in [1.807, 2.05) is 0 Å². The second kappa shape index (κ2) is 67.6. The highest BCUT2D eigenvalue weighted by Gasteiger charge is 2.19. The number of ether oxygens (including phenoxy) is 3. The highest BCUT2D eigenvalue weighted by molar-refractivity contribution is 5.71. The summed E-state index contributed by atoms with van der Waals surface area (Å²) in [4.78, 5) is 38.4. The Morgan fingerprint density at radius 3 is 0.800 bits per heavy atom. The van der Waals surface area contributed by atoms with Crippen molar-refractivity contribution in [3.8, 4) is 0 Å². The Kier molecular flexibility index (Phi) is 64.3. The van der Waals surface area contributed by atoms with E-state index in [1.54, 1.807) is 0 Å². The Bertz CT molecular complexity index is 1610. The van der Waals surface area contributed by atoms with Crippen LogP contribution < -0.4 is 0 Å². The van der Waals surface area contributed by atoms with Crippen molar-refractivity contribution in [3.05, 3.63) is 109 Å². The lowest BCUT2D eigenvalue weighted by molar-refractivity contribution is -0.167. The predicted octanol–water partition coefficient (Wildman–Crippen LogP) is 23.4. The summed E-state index contributed by atoms with van der Waals surface area (Å²) >= 11 is 0.